The molecule has 5 atom stereocenters. The third-order valence-corrected chi connectivity index (χ3v) is 11.4. The number of nitrogens with zero attached hydrogens (tertiary/aromatic N) is 2. The van der Waals surface area contributed by atoms with E-state index in [9.17, 15) is 14.7 Å². The van der Waals surface area contributed by atoms with Crippen LogP contribution in [0.2, 0.25) is 0 Å². The smallest absolute Gasteiger partial charge is 0.249 e. The molecule has 4 aliphatic heterocycles. The second-order valence-electron chi connectivity index (χ2n) is 15.6. The van der Waals surface area contributed by atoms with Gasteiger partial charge < -0.3 is 34.3 Å². The molecule has 6 aromatic rings. The molecule has 4 N–H and O–H groups in total. The van der Waals surface area contributed by atoms with Crippen molar-refractivity contribution in [1.29, 1.82) is 0 Å². The van der Waals surface area contributed by atoms with Crippen molar-refractivity contribution in [3.63, 3.8) is 0 Å². The molecule has 1 amide bonds. The number of anilines is 1. The number of aromatic nitrogens is 3. The van der Waals surface area contributed by atoms with Gasteiger partial charge in [-0.25, -0.2) is 9.97 Å². The quantitative estimate of drug-likeness (QED) is 0.140. The van der Waals surface area contributed by atoms with Crippen LogP contribution in [-0.4, -0.2) is 44.1 Å². The molecule has 7 heterocycles. The number of aliphatic hydroxyl groups is 1. The number of amides is 1. The van der Waals surface area contributed by atoms with Gasteiger partial charge in [0, 0.05) is 57.4 Å². The Morgan fingerprint density at radius 2 is 1.83 bits per heavy atom. The van der Waals surface area contributed by atoms with Gasteiger partial charge in [-0.3, -0.25) is 9.59 Å². The van der Waals surface area contributed by atoms with Gasteiger partial charge in [0.1, 0.15) is 23.3 Å². The van der Waals surface area contributed by atoms with E-state index in [4.69, 9.17) is 23.5 Å². The molecule has 10 bridgehead atoms. The van der Waals surface area contributed by atoms with Crippen LogP contribution in [0, 0.1) is 17.8 Å². The topological polar surface area (TPSA) is 156 Å². The van der Waals surface area contributed by atoms with E-state index in [2.05, 4.69) is 52.0 Å². The van der Waals surface area contributed by atoms with E-state index in [0.29, 0.717) is 35.3 Å². The zero-order chi connectivity index (χ0) is 36.3. The van der Waals surface area contributed by atoms with Crippen molar-refractivity contribution in [3.05, 3.63) is 95.3 Å². The van der Waals surface area contributed by atoms with E-state index in [1.807, 2.05) is 52.1 Å². The molecule has 4 aliphatic rings. The zero-order valence-electron chi connectivity index (χ0n) is 29.8. The molecular formula is C42H39N5O6. The average molecular weight is 710 g/mol. The summed E-state index contributed by atoms with van der Waals surface area (Å²) in [5, 5.41) is 18.8. The molecule has 0 radical (unpaired) electrons. The fourth-order valence-corrected chi connectivity index (χ4v) is 8.93. The fourth-order valence-electron chi connectivity index (χ4n) is 8.93. The van der Waals surface area contributed by atoms with E-state index in [1.165, 1.54) is 0 Å². The van der Waals surface area contributed by atoms with Crippen molar-refractivity contribution in [2.45, 2.75) is 70.7 Å². The molecule has 53 heavy (non-hydrogen) atoms. The Bertz CT molecular complexity index is 2490. The lowest BCUT2D eigenvalue weighted by Crippen LogP contribution is -2.40. The summed E-state index contributed by atoms with van der Waals surface area (Å²) in [5.41, 5.74) is 6.81. The number of para-hydroxylation sites is 1. The van der Waals surface area contributed by atoms with E-state index >= 15 is 0 Å². The van der Waals surface area contributed by atoms with Crippen molar-refractivity contribution in [1.82, 2.24) is 20.3 Å². The number of Topliss-reactive ketones (excluding diaryl/α,β-unsaturated/α-hetero) is 1. The fraction of sp³-hybridized carbons (Fsp3) is 0.333. The molecule has 3 aromatic carbocycles. The van der Waals surface area contributed by atoms with Crippen molar-refractivity contribution < 1.29 is 28.3 Å². The maximum absolute atomic E-state index is 14.3. The molecule has 10 rings (SSSR count). The molecular weight excluding hydrogens is 670 g/mol. The van der Waals surface area contributed by atoms with Gasteiger partial charge in [0.25, 0.3) is 0 Å². The van der Waals surface area contributed by atoms with Crippen LogP contribution in [0.25, 0.3) is 44.9 Å². The number of aliphatic hydroxyl groups excluding tert-OH is 1. The third-order valence-electron chi connectivity index (χ3n) is 11.4. The molecule has 1 spiro atoms. The number of hydrogen-bond donors (Lipinski definition) is 4. The molecule has 268 valence electrons. The lowest BCUT2D eigenvalue weighted by atomic mass is 9.72. The first-order chi connectivity index (χ1) is 25.6. The van der Waals surface area contributed by atoms with Crippen LogP contribution in [0.3, 0.4) is 0 Å². The molecule has 0 aliphatic carbocycles. The average Bonchev–Trinajstić information content (AvgIpc) is 3.95. The number of ketones is 1. The van der Waals surface area contributed by atoms with Gasteiger partial charge in [0.2, 0.25) is 17.7 Å². The molecule has 1 unspecified atom stereocenters. The number of hydrogen-bond acceptors (Lipinski definition) is 9. The van der Waals surface area contributed by atoms with E-state index in [-0.39, 0.29) is 42.3 Å². The summed E-state index contributed by atoms with van der Waals surface area (Å²) in [7, 11) is 0. The normalized spacial score (nSPS) is 22.5. The Hall–Kier alpha value is -5.68. The Kier molecular flexibility index (Phi) is 6.89. The van der Waals surface area contributed by atoms with Crippen LogP contribution in [0.15, 0.2) is 75.8 Å². The highest BCUT2D eigenvalue weighted by Gasteiger charge is 2.61. The number of oxazole rings is 2. The summed E-state index contributed by atoms with van der Waals surface area (Å²) in [6.07, 6.45) is 2.41. The summed E-state index contributed by atoms with van der Waals surface area (Å²) < 4.78 is 20.5. The number of benzene rings is 3. The van der Waals surface area contributed by atoms with Gasteiger partial charge in [0.05, 0.1) is 6.20 Å². The summed E-state index contributed by atoms with van der Waals surface area (Å²) in [4.78, 5) is 41.0. The summed E-state index contributed by atoms with van der Waals surface area (Å²) in [6, 6.07) is 17.8. The molecule has 0 fully saturated rings. The number of ether oxygens (including phenoxy) is 1. The molecule has 3 aromatic heterocycles. The van der Waals surface area contributed by atoms with E-state index < -0.39 is 29.7 Å². The second-order valence-corrected chi connectivity index (χ2v) is 15.6. The van der Waals surface area contributed by atoms with E-state index in [1.54, 1.807) is 6.20 Å². The minimum Gasteiger partial charge on any atom is -0.469 e. The monoisotopic (exact) mass is 709 g/mol. The first kappa shape index (κ1) is 32.0. The van der Waals surface area contributed by atoms with Crippen molar-refractivity contribution >= 4 is 28.3 Å². The number of H-pyrrole nitrogens is 1. The lowest BCUT2D eigenvalue weighted by molar-refractivity contribution is -0.134. The summed E-state index contributed by atoms with van der Waals surface area (Å²) in [5.74, 6) is 0.918. The first-order valence-corrected chi connectivity index (χ1v) is 18.4. The van der Waals surface area contributed by atoms with Crippen LogP contribution < -0.4 is 15.4 Å². The Morgan fingerprint density at radius 1 is 1.00 bits per heavy atom. The first-order valence-electron chi connectivity index (χ1n) is 18.4. The van der Waals surface area contributed by atoms with Crippen molar-refractivity contribution in [2.75, 3.05) is 5.32 Å². The predicted molar refractivity (Wildman–Crippen MR) is 197 cm³/mol. The third kappa shape index (κ3) is 4.56. The number of carbonyl (C=O) groups is 2. The van der Waals surface area contributed by atoms with Crippen molar-refractivity contribution in [3.8, 4) is 39.8 Å². The number of fused-ring (bicyclic) bond motifs is 7. The highest BCUT2D eigenvalue weighted by molar-refractivity contribution is 6.07. The van der Waals surface area contributed by atoms with Gasteiger partial charge in [-0.2, -0.15) is 0 Å². The largest absolute Gasteiger partial charge is 0.469 e. The van der Waals surface area contributed by atoms with Gasteiger partial charge >= 0.3 is 0 Å². The number of aromatic amines is 1. The summed E-state index contributed by atoms with van der Waals surface area (Å²) in [6.45, 7) is 7.90. The van der Waals surface area contributed by atoms with Crippen LogP contribution in [0.4, 0.5) is 5.69 Å². The zero-order valence-corrected chi connectivity index (χ0v) is 29.8. The standard InChI is InChI=1S/C42H39N5O6/c1-19(2)13-29(48)30(49)16-22-14-21-11-12-31-27(15-21)42-26-9-5-8-24(35(26)47-41(42)52-31)23-7-6-10-28-33(23)25(17-43-28)32-18-44-39(51-32)36-37(42)53-40(46-36)34(20(3)4)45-38(22)50/h5-12,15,17-20,22,29,34,41,43,47-48H,13-14,16H2,1-4H3,(H,45,50)/t22-,29+,34+,41+,42?/m1/s1. The maximum Gasteiger partial charge on any atom is 0.249 e. The van der Waals surface area contributed by atoms with Gasteiger partial charge in [-0.1, -0.05) is 70.2 Å². The Labute approximate surface area is 305 Å². The predicted octanol–water partition coefficient (Wildman–Crippen LogP) is 7.29. The maximum atomic E-state index is 14.3. The number of carbonyl (C=O) groups excluding carboxylic acids is 2. The number of rotatable bonds is 6. The van der Waals surface area contributed by atoms with E-state index in [0.717, 1.165) is 50.0 Å². The highest BCUT2D eigenvalue weighted by atomic mass is 16.5. The Morgan fingerprint density at radius 3 is 2.66 bits per heavy atom. The van der Waals surface area contributed by atoms with Crippen molar-refractivity contribution in [2.24, 2.45) is 17.8 Å². The molecule has 0 saturated heterocycles. The van der Waals surface area contributed by atoms with Gasteiger partial charge in [0.15, 0.2) is 29.2 Å². The summed E-state index contributed by atoms with van der Waals surface area (Å²) >= 11 is 0. The minimum absolute atomic E-state index is 0.104. The molecule has 0 saturated carbocycles. The van der Waals surface area contributed by atoms with Crippen LogP contribution >= 0.6 is 0 Å². The van der Waals surface area contributed by atoms with Gasteiger partial charge in [-0.15, -0.1) is 0 Å². The van der Waals surface area contributed by atoms with Crippen LogP contribution in [0.1, 0.15) is 74.9 Å². The number of nitrogens with one attached hydrogen (secondary N) is 3. The van der Waals surface area contributed by atoms with Crippen LogP contribution in [0.5, 0.6) is 5.75 Å². The minimum atomic E-state index is -1.14. The second kappa shape index (κ2) is 11.4. The SMILES string of the molecule is CC(C)C[C@H](O)C(=O)C[C@H]1Cc2ccc3c(c2)C24c5cccc(c5N[C@H]2O3)-c2cccc3[nH]cc(c23)-c2cnc(o2)-c2nc(oc24)[C@H](C(C)C)NC1=O. The van der Waals surface area contributed by atoms with Crippen LogP contribution in [-0.2, 0) is 21.4 Å². The lowest BCUT2D eigenvalue weighted by Gasteiger charge is -2.28. The molecule has 11 nitrogen and oxygen atoms in total. The van der Waals surface area contributed by atoms with Gasteiger partial charge in [-0.05, 0) is 47.9 Å². The Balaban J connectivity index is 1.25. The highest BCUT2D eigenvalue weighted by Crippen LogP contribution is 2.61. The molecule has 11 heteroatoms.